The summed E-state index contributed by atoms with van der Waals surface area (Å²) >= 11 is 0. The van der Waals surface area contributed by atoms with Crippen molar-refractivity contribution in [3.8, 4) is 5.75 Å². The Labute approximate surface area is 149 Å². The number of nitrogens with one attached hydrogen (secondary N) is 2. The quantitative estimate of drug-likeness (QED) is 0.479. The number of aromatic nitrogens is 1. The van der Waals surface area contributed by atoms with Crippen LogP contribution in [0.25, 0.3) is 0 Å². The lowest BCUT2D eigenvalue weighted by Gasteiger charge is -2.14. The van der Waals surface area contributed by atoms with Crippen LogP contribution in [-0.4, -0.2) is 48.0 Å². The molecule has 0 radical (unpaired) electrons. The Hall–Kier alpha value is -2.47. The molecule has 1 heterocycles. The topological polar surface area (TPSA) is 70.8 Å². The molecule has 0 fully saturated rings. The molecule has 25 heavy (non-hydrogen) atoms. The van der Waals surface area contributed by atoms with Gasteiger partial charge in [0, 0.05) is 32.0 Å². The number of aliphatic hydroxyl groups is 1. The van der Waals surface area contributed by atoms with Gasteiger partial charge in [0.15, 0.2) is 5.96 Å². The average molecular weight is 344 g/mol. The lowest BCUT2D eigenvalue weighted by Crippen LogP contribution is -2.39. The number of guanidine groups is 1. The standard InChI is InChI=1S/C19H28N4O2/c1-3-20-19(21-9-12-23-10-4-5-11-23)22-14-17(24)15-25-18-8-6-7-16(2)13-18/h4-8,10-11,13,17,24H,3,9,12,14-15H2,1-2H3,(H2,20,21,22). The van der Waals surface area contributed by atoms with Gasteiger partial charge in [-0.15, -0.1) is 0 Å². The van der Waals surface area contributed by atoms with Crippen LogP contribution < -0.4 is 15.4 Å². The lowest BCUT2D eigenvalue weighted by atomic mass is 10.2. The van der Waals surface area contributed by atoms with Gasteiger partial charge in [0.1, 0.15) is 18.5 Å². The third kappa shape index (κ3) is 7.30. The molecule has 0 saturated heterocycles. The Morgan fingerprint density at radius 2 is 2.04 bits per heavy atom. The van der Waals surface area contributed by atoms with Crippen molar-refractivity contribution in [3.05, 3.63) is 54.4 Å². The fourth-order valence-corrected chi connectivity index (χ4v) is 2.31. The summed E-state index contributed by atoms with van der Waals surface area (Å²) < 4.78 is 7.71. The van der Waals surface area contributed by atoms with Gasteiger partial charge in [-0.2, -0.15) is 0 Å². The molecule has 2 rings (SSSR count). The van der Waals surface area contributed by atoms with Gasteiger partial charge < -0.3 is 25.0 Å². The number of ether oxygens (including phenoxy) is 1. The molecule has 0 spiro atoms. The van der Waals surface area contributed by atoms with Crippen molar-refractivity contribution in [1.29, 1.82) is 0 Å². The van der Waals surface area contributed by atoms with Gasteiger partial charge in [-0.1, -0.05) is 12.1 Å². The van der Waals surface area contributed by atoms with Gasteiger partial charge in [0.25, 0.3) is 0 Å². The van der Waals surface area contributed by atoms with Crippen molar-refractivity contribution in [2.45, 2.75) is 26.5 Å². The maximum Gasteiger partial charge on any atom is 0.191 e. The Kier molecular flexibility index (Phi) is 7.85. The van der Waals surface area contributed by atoms with Crippen LogP contribution in [0.2, 0.25) is 0 Å². The van der Waals surface area contributed by atoms with Gasteiger partial charge in [-0.05, 0) is 43.7 Å². The molecule has 6 nitrogen and oxygen atoms in total. The summed E-state index contributed by atoms with van der Waals surface area (Å²) in [7, 11) is 0. The minimum atomic E-state index is -0.652. The molecular weight excluding hydrogens is 316 g/mol. The highest BCUT2D eigenvalue weighted by Crippen LogP contribution is 2.12. The van der Waals surface area contributed by atoms with Gasteiger partial charge in [-0.25, -0.2) is 0 Å². The van der Waals surface area contributed by atoms with E-state index in [1.807, 2.05) is 62.6 Å². The smallest absolute Gasteiger partial charge is 0.191 e. The maximum atomic E-state index is 10.1. The number of hydrogen-bond donors (Lipinski definition) is 3. The second kappa shape index (κ2) is 10.4. The molecule has 3 N–H and O–H groups in total. The lowest BCUT2D eigenvalue weighted by molar-refractivity contribution is 0.114. The predicted octanol–water partition coefficient (Wildman–Crippen LogP) is 1.79. The van der Waals surface area contributed by atoms with E-state index in [1.165, 1.54) is 0 Å². The van der Waals surface area contributed by atoms with Crippen molar-refractivity contribution in [2.75, 3.05) is 26.2 Å². The third-order valence-electron chi connectivity index (χ3n) is 3.56. The first-order chi connectivity index (χ1) is 12.2. The second-order valence-corrected chi connectivity index (χ2v) is 5.85. The number of hydrogen-bond acceptors (Lipinski definition) is 3. The van der Waals surface area contributed by atoms with Crippen LogP contribution in [0.3, 0.4) is 0 Å². The van der Waals surface area contributed by atoms with Crippen molar-refractivity contribution in [2.24, 2.45) is 4.99 Å². The van der Waals surface area contributed by atoms with Crippen LogP contribution >= 0.6 is 0 Å². The zero-order chi connectivity index (χ0) is 17.9. The van der Waals surface area contributed by atoms with E-state index in [2.05, 4.69) is 20.2 Å². The Balaban J connectivity index is 1.74. The number of benzene rings is 1. The summed E-state index contributed by atoms with van der Waals surface area (Å²) in [5.41, 5.74) is 1.13. The van der Waals surface area contributed by atoms with Crippen molar-refractivity contribution < 1.29 is 9.84 Å². The Morgan fingerprint density at radius 3 is 2.76 bits per heavy atom. The highest BCUT2D eigenvalue weighted by Gasteiger charge is 2.06. The number of rotatable bonds is 9. The molecule has 1 unspecified atom stereocenters. The van der Waals surface area contributed by atoms with Crippen molar-refractivity contribution in [1.82, 2.24) is 15.2 Å². The predicted molar refractivity (Wildman–Crippen MR) is 101 cm³/mol. The number of nitrogens with zero attached hydrogens (tertiary/aromatic N) is 2. The molecule has 0 bridgehead atoms. The minimum absolute atomic E-state index is 0.218. The molecule has 2 aromatic rings. The monoisotopic (exact) mass is 344 g/mol. The first kappa shape index (κ1) is 18.9. The van der Waals surface area contributed by atoms with E-state index in [9.17, 15) is 5.11 Å². The van der Waals surface area contributed by atoms with Crippen LogP contribution in [0, 0.1) is 6.92 Å². The molecule has 1 aromatic heterocycles. The zero-order valence-electron chi connectivity index (χ0n) is 15.0. The molecule has 0 aliphatic rings. The zero-order valence-corrected chi connectivity index (χ0v) is 15.0. The van der Waals surface area contributed by atoms with Crippen LogP contribution in [0.15, 0.2) is 53.8 Å². The molecule has 1 atom stereocenters. The first-order valence-electron chi connectivity index (χ1n) is 8.68. The van der Waals surface area contributed by atoms with Crippen LogP contribution in [-0.2, 0) is 6.54 Å². The van der Waals surface area contributed by atoms with E-state index in [-0.39, 0.29) is 13.2 Å². The van der Waals surface area contributed by atoms with Crippen LogP contribution in [0.4, 0.5) is 0 Å². The van der Waals surface area contributed by atoms with Gasteiger partial charge in [0.2, 0.25) is 0 Å². The molecular formula is C19H28N4O2. The first-order valence-corrected chi connectivity index (χ1v) is 8.68. The van der Waals surface area contributed by atoms with E-state index in [0.29, 0.717) is 5.96 Å². The molecule has 0 saturated carbocycles. The molecule has 0 aliphatic heterocycles. The summed E-state index contributed by atoms with van der Waals surface area (Å²) in [6.45, 7) is 6.91. The van der Waals surface area contributed by atoms with E-state index in [0.717, 1.165) is 30.9 Å². The largest absolute Gasteiger partial charge is 0.491 e. The molecule has 1 aromatic carbocycles. The van der Waals surface area contributed by atoms with E-state index < -0.39 is 6.10 Å². The Bertz CT molecular complexity index is 641. The number of aryl methyl sites for hydroxylation is 1. The molecule has 136 valence electrons. The fourth-order valence-electron chi connectivity index (χ4n) is 2.31. The van der Waals surface area contributed by atoms with Crippen molar-refractivity contribution in [3.63, 3.8) is 0 Å². The molecule has 6 heteroatoms. The van der Waals surface area contributed by atoms with Gasteiger partial charge in [-0.3, -0.25) is 4.99 Å². The third-order valence-corrected chi connectivity index (χ3v) is 3.56. The second-order valence-electron chi connectivity index (χ2n) is 5.85. The normalized spacial score (nSPS) is 12.7. The molecule has 0 aliphatic carbocycles. The van der Waals surface area contributed by atoms with E-state index in [4.69, 9.17) is 4.74 Å². The number of aliphatic imine (C=N–C) groups is 1. The maximum absolute atomic E-state index is 10.1. The van der Waals surface area contributed by atoms with Gasteiger partial charge in [0.05, 0.1) is 6.54 Å². The van der Waals surface area contributed by atoms with Crippen molar-refractivity contribution >= 4 is 5.96 Å². The summed E-state index contributed by atoms with van der Waals surface area (Å²) in [6.07, 6.45) is 3.40. The van der Waals surface area contributed by atoms with Gasteiger partial charge >= 0.3 is 0 Å². The summed E-state index contributed by atoms with van der Waals surface area (Å²) in [6, 6.07) is 11.8. The number of aliphatic hydroxyl groups excluding tert-OH is 1. The van der Waals surface area contributed by atoms with E-state index in [1.54, 1.807) is 0 Å². The van der Waals surface area contributed by atoms with Crippen LogP contribution in [0.1, 0.15) is 12.5 Å². The fraction of sp³-hybridized carbons (Fsp3) is 0.421. The van der Waals surface area contributed by atoms with Crippen LogP contribution in [0.5, 0.6) is 5.75 Å². The average Bonchev–Trinajstić information content (AvgIpc) is 3.11. The molecule has 0 amide bonds. The Morgan fingerprint density at radius 1 is 1.24 bits per heavy atom. The minimum Gasteiger partial charge on any atom is -0.491 e. The van der Waals surface area contributed by atoms with E-state index >= 15 is 0 Å². The summed E-state index contributed by atoms with van der Waals surface area (Å²) in [5, 5.41) is 16.5. The SMILES string of the molecule is CCNC(=NCC(O)COc1cccc(C)c1)NCCn1cccc1. The highest BCUT2D eigenvalue weighted by molar-refractivity contribution is 5.79. The summed E-state index contributed by atoms with van der Waals surface area (Å²) in [4.78, 5) is 4.42. The summed E-state index contributed by atoms with van der Waals surface area (Å²) in [5.74, 6) is 1.46. The highest BCUT2D eigenvalue weighted by atomic mass is 16.5.